The van der Waals surface area contributed by atoms with Gasteiger partial charge in [0.2, 0.25) is 0 Å². The summed E-state index contributed by atoms with van der Waals surface area (Å²) in [6.45, 7) is 7.86. The maximum absolute atomic E-state index is 11.5. The number of aromatic nitrogens is 1. The van der Waals surface area contributed by atoms with E-state index in [1.165, 1.54) is 0 Å². The van der Waals surface area contributed by atoms with Gasteiger partial charge in [-0.05, 0) is 39.8 Å². The van der Waals surface area contributed by atoms with Gasteiger partial charge in [-0.25, -0.2) is 9.78 Å². The lowest BCUT2D eigenvalue weighted by Crippen LogP contribution is -2.40. The molecule has 0 fully saturated rings. The second-order valence-corrected chi connectivity index (χ2v) is 5.37. The summed E-state index contributed by atoms with van der Waals surface area (Å²) in [5.74, 6) is 0.611. The van der Waals surface area contributed by atoms with Crippen LogP contribution in [0.2, 0.25) is 0 Å². The maximum atomic E-state index is 11.5. The molecule has 1 aromatic heterocycles. The van der Waals surface area contributed by atoms with E-state index < -0.39 is 11.7 Å². The third-order valence-electron chi connectivity index (χ3n) is 2.18. The minimum atomic E-state index is -0.497. The van der Waals surface area contributed by atoms with Crippen LogP contribution in [0.4, 0.5) is 16.3 Å². The lowest BCUT2D eigenvalue weighted by molar-refractivity contribution is 0.0511. The summed E-state index contributed by atoms with van der Waals surface area (Å²) in [5, 5.41) is 5.81. The molecule has 1 heterocycles. The van der Waals surface area contributed by atoms with Crippen LogP contribution < -0.4 is 16.4 Å². The summed E-state index contributed by atoms with van der Waals surface area (Å²) >= 11 is 0. The molecule has 1 atom stereocenters. The largest absolute Gasteiger partial charge is 0.444 e. The Balaban J connectivity index is 2.38. The zero-order chi connectivity index (χ0) is 14.5. The minimum Gasteiger partial charge on any atom is -0.444 e. The summed E-state index contributed by atoms with van der Waals surface area (Å²) in [5.41, 5.74) is 5.83. The molecule has 0 saturated heterocycles. The van der Waals surface area contributed by atoms with E-state index in [9.17, 15) is 4.79 Å². The summed E-state index contributed by atoms with van der Waals surface area (Å²) in [6.07, 6.45) is 1.22. The van der Waals surface area contributed by atoms with Crippen LogP contribution in [-0.4, -0.2) is 29.3 Å². The Morgan fingerprint density at radius 2 is 2.21 bits per heavy atom. The number of nitrogens with two attached hydrogens (primary N) is 1. The van der Waals surface area contributed by atoms with Crippen molar-refractivity contribution in [2.75, 3.05) is 17.6 Å². The number of amides is 1. The molecule has 0 aliphatic heterocycles. The van der Waals surface area contributed by atoms with Crippen molar-refractivity contribution in [2.45, 2.75) is 39.3 Å². The van der Waals surface area contributed by atoms with Crippen molar-refractivity contribution in [3.8, 4) is 0 Å². The second-order valence-electron chi connectivity index (χ2n) is 5.37. The van der Waals surface area contributed by atoms with Gasteiger partial charge in [0.25, 0.3) is 0 Å². The number of rotatable bonds is 4. The number of nitrogens with one attached hydrogen (secondary N) is 2. The molecule has 19 heavy (non-hydrogen) atoms. The van der Waals surface area contributed by atoms with E-state index in [1.807, 2.05) is 27.7 Å². The van der Waals surface area contributed by atoms with E-state index in [0.717, 1.165) is 0 Å². The molecular formula is C13H22N4O2. The highest BCUT2D eigenvalue weighted by molar-refractivity contribution is 5.68. The van der Waals surface area contributed by atoms with E-state index in [-0.39, 0.29) is 6.04 Å². The molecular weight excluding hydrogens is 244 g/mol. The second kappa shape index (κ2) is 6.26. The lowest BCUT2D eigenvalue weighted by Gasteiger charge is -2.22. The molecule has 4 N–H and O–H groups in total. The molecule has 0 bridgehead atoms. The highest BCUT2D eigenvalue weighted by Crippen LogP contribution is 2.12. The van der Waals surface area contributed by atoms with Gasteiger partial charge < -0.3 is 21.1 Å². The molecule has 106 valence electrons. The number of nitrogen functional groups attached to an aromatic ring is 1. The van der Waals surface area contributed by atoms with E-state index in [2.05, 4.69) is 15.6 Å². The predicted octanol–water partition coefficient (Wildman–Crippen LogP) is 1.99. The SMILES string of the molecule is C[C@@H](CNc1ncccc1N)NC(=O)OC(C)(C)C. The highest BCUT2D eigenvalue weighted by Gasteiger charge is 2.17. The van der Waals surface area contributed by atoms with Gasteiger partial charge in [-0.15, -0.1) is 0 Å². The van der Waals surface area contributed by atoms with Crippen LogP contribution in [-0.2, 0) is 4.74 Å². The minimum absolute atomic E-state index is 0.101. The Kier molecular flexibility index (Phi) is 4.97. The van der Waals surface area contributed by atoms with Crippen LogP contribution in [0.5, 0.6) is 0 Å². The molecule has 0 aliphatic carbocycles. The van der Waals surface area contributed by atoms with Gasteiger partial charge in [-0.3, -0.25) is 0 Å². The van der Waals surface area contributed by atoms with Crippen LogP contribution in [0, 0.1) is 0 Å². The summed E-state index contributed by atoms with van der Waals surface area (Å²) in [7, 11) is 0. The Hall–Kier alpha value is -1.98. The first-order valence-corrected chi connectivity index (χ1v) is 6.22. The number of hydrogen-bond acceptors (Lipinski definition) is 5. The zero-order valence-corrected chi connectivity index (χ0v) is 11.9. The first kappa shape index (κ1) is 15.1. The van der Waals surface area contributed by atoms with Crippen molar-refractivity contribution in [3.63, 3.8) is 0 Å². The van der Waals surface area contributed by atoms with Crippen molar-refractivity contribution in [2.24, 2.45) is 0 Å². The van der Waals surface area contributed by atoms with E-state index in [1.54, 1.807) is 18.3 Å². The lowest BCUT2D eigenvalue weighted by atomic mass is 10.2. The average Bonchev–Trinajstić information content (AvgIpc) is 2.25. The fourth-order valence-electron chi connectivity index (χ4n) is 1.37. The fraction of sp³-hybridized carbons (Fsp3) is 0.538. The van der Waals surface area contributed by atoms with Crippen LogP contribution >= 0.6 is 0 Å². The number of alkyl carbamates (subject to hydrolysis) is 1. The van der Waals surface area contributed by atoms with Gasteiger partial charge in [-0.2, -0.15) is 0 Å². The van der Waals surface area contributed by atoms with Crippen LogP contribution in [0.15, 0.2) is 18.3 Å². The quantitative estimate of drug-likeness (QED) is 0.775. The van der Waals surface area contributed by atoms with Crippen molar-refractivity contribution in [3.05, 3.63) is 18.3 Å². The Morgan fingerprint density at radius 1 is 1.53 bits per heavy atom. The fourth-order valence-corrected chi connectivity index (χ4v) is 1.37. The molecule has 0 aromatic carbocycles. The van der Waals surface area contributed by atoms with Crippen molar-refractivity contribution in [1.29, 1.82) is 0 Å². The number of nitrogens with zero attached hydrogens (tertiary/aromatic N) is 1. The van der Waals surface area contributed by atoms with E-state index in [0.29, 0.717) is 18.1 Å². The number of ether oxygens (including phenoxy) is 1. The van der Waals surface area contributed by atoms with Gasteiger partial charge in [-0.1, -0.05) is 0 Å². The van der Waals surface area contributed by atoms with Gasteiger partial charge in [0.15, 0.2) is 0 Å². The molecule has 0 aliphatic rings. The van der Waals surface area contributed by atoms with Gasteiger partial charge >= 0.3 is 6.09 Å². The number of carbonyl (C=O) groups is 1. The number of carbonyl (C=O) groups excluding carboxylic acids is 1. The topological polar surface area (TPSA) is 89.3 Å². The van der Waals surface area contributed by atoms with Gasteiger partial charge in [0.05, 0.1) is 5.69 Å². The zero-order valence-electron chi connectivity index (χ0n) is 11.9. The first-order chi connectivity index (χ1) is 8.78. The van der Waals surface area contributed by atoms with Crippen molar-refractivity contribution in [1.82, 2.24) is 10.3 Å². The van der Waals surface area contributed by atoms with Crippen LogP contribution in [0.1, 0.15) is 27.7 Å². The first-order valence-electron chi connectivity index (χ1n) is 6.22. The number of hydrogen-bond donors (Lipinski definition) is 3. The third kappa shape index (κ3) is 5.94. The number of pyridine rings is 1. The van der Waals surface area contributed by atoms with Crippen LogP contribution in [0.3, 0.4) is 0 Å². The molecule has 0 unspecified atom stereocenters. The summed E-state index contributed by atoms with van der Waals surface area (Å²) < 4.78 is 5.17. The Morgan fingerprint density at radius 3 is 2.79 bits per heavy atom. The number of anilines is 2. The van der Waals surface area contributed by atoms with E-state index in [4.69, 9.17) is 10.5 Å². The molecule has 1 amide bonds. The monoisotopic (exact) mass is 266 g/mol. The summed E-state index contributed by atoms with van der Waals surface area (Å²) in [4.78, 5) is 15.7. The van der Waals surface area contributed by atoms with Gasteiger partial charge in [0.1, 0.15) is 11.4 Å². The third-order valence-corrected chi connectivity index (χ3v) is 2.18. The summed E-state index contributed by atoms with van der Waals surface area (Å²) in [6, 6.07) is 3.43. The average molecular weight is 266 g/mol. The normalized spacial score (nSPS) is 12.6. The molecule has 0 saturated carbocycles. The van der Waals surface area contributed by atoms with Crippen molar-refractivity contribution < 1.29 is 9.53 Å². The molecule has 6 nitrogen and oxygen atoms in total. The Bertz CT molecular complexity index is 429. The Labute approximate surface area is 113 Å². The van der Waals surface area contributed by atoms with E-state index >= 15 is 0 Å². The molecule has 0 spiro atoms. The highest BCUT2D eigenvalue weighted by atomic mass is 16.6. The molecule has 0 radical (unpaired) electrons. The molecule has 1 rings (SSSR count). The molecule has 6 heteroatoms. The van der Waals surface area contributed by atoms with Crippen LogP contribution in [0.25, 0.3) is 0 Å². The van der Waals surface area contributed by atoms with Gasteiger partial charge in [0, 0.05) is 18.8 Å². The smallest absolute Gasteiger partial charge is 0.407 e. The maximum Gasteiger partial charge on any atom is 0.407 e. The van der Waals surface area contributed by atoms with Crippen molar-refractivity contribution >= 4 is 17.6 Å². The predicted molar refractivity (Wildman–Crippen MR) is 76.0 cm³/mol. The molecule has 1 aromatic rings. The standard InChI is InChI=1S/C13H22N4O2/c1-9(17-12(18)19-13(2,3)4)8-16-11-10(14)6-5-7-15-11/h5-7,9H,8,14H2,1-4H3,(H,15,16)(H,17,18)/t9-/m0/s1.